The molecule has 1 amide bonds. The molecule has 0 aliphatic heterocycles. The van der Waals surface area contributed by atoms with Crippen molar-refractivity contribution in [3.63, 3.8) is 0 Å². The highest BCUT2D eigenvalue weighted by Gasteiger charge is 2.25. The molecular weight excluding hydrogens is 354 g/mol. The van der Waals surface area contributed by atoms with Gasteiger partial charge in [0.05, 0.1) is 11.0 Å². The Hall–Kier alpha value is -1.81. The Labute approximate surface area is 167 Å². The number of nitrogens with one attached hydrogen (secondary N) is 1. The van der Waals surface area contributed by atoms with Gasteiger partial charge in [0.25, 0.3) is 5.91 Å². The minimum Gasteiger partial charge on any atom is -0.491 e. The molecule has 1 aliphatic rings. The Bertz CT molecular complexity index is 688. The van der Waals surface area contributed by atoms with E-state index in [0.717, 1.165) is 23.6 Å². The van der Waals surface area contributed by atoms with Crippen molar-refractivity contribution in [3.8, 4) is 5.75 Å². The fourth-order valence-corrected chi connectivity index (χ4v) is 4.75. The van der Waals surface area contributed by atoms with E-state index >= 15 is 0 Å². The maximum atomic E-state index is 12.2. The van der Waals surface area contributed by atoms with E-state index < -0.39 is 0 Å². The third kappa shape index (κ3) is 5.83. The topological polar surface area (TPSA) is 38.3 Å². The first-order valence-corrected chi connectivity index (χ1v) is 11.1. The minimum absolute atomic E-state index is 0.0491. The number of hydrogen-bond acceptors (Lipinski definition) is 3. The summed E-state index contributed by atoms with van der Waals surface area (Å²) in [7, 11) is 0. The van der Waals surface area contributed by atoms with Crippen LogP contribution in [0.15, 0.2) is 41.8 Å². The van der Waals surface area contributed by atoms with Crippen LogP contribution in [0.5, 0.6) is 5.75 Å². The second-order valence-electron chi connectivity index (χ2n) is 7.76. The Morgan fingerprint density at radius 2 is 1.89 bits per heavy atom. The molecule has 0 bridgehead atoms. The molecule has 2 aromatic rings. The van der Waals surface area contributed by atoms with E-state index in [0.29, 0.717) is 11.8 Å². The van der Waals surface area contributed by atoms with Gasteiger partial charge in [-0.2, -0.15) is 0 Å². The summed E-state index contributed by atoms with van der Waals surface area (Å²) in [5, 5.41) is 5.05. The smallest absolute Gasteiger partial charge is 0.261 e. The number of carbonyl (C=O) groups is 1. The number of carbonyl (C=O) groups excluding carboxylic acids is 1. The number of rotatable bonds is 8. The van der Waals surface area contributed by atoms with Gasteiger partial charge >= 0.3 is 0 Å². The SMILES string of the molecule is CC(C)Oc1ccc(C(CCNC(=O)c2cccs2)C2CCCCC2)cc1. The predicted molar refractivity (Wildman–Crippen MR) is 113 cm³/mol. The molecule has 3 nitrogen and oxygen atoms in total. The first-order valence-electron chi connectivity index (χ1n) is 10.2. The van der Waals surface area contributed by atoms with Crippen LogP contribution < -0.4 is 10.1 Å². The summed E-state index contributed by atoms with van der Waals surface area (Å²) in [5.74, 6) is 2.20. The van der Waals surface area contributed by atoms with Crippen LogP contribution in [-0.4, -0.2) is 18.6 Å². The van der Waals surface area contributed by atoms with Gasteiger partial charge in [0.1, 0.15) is 5.75 Å². The van der Waals surface area contributed by atoms with Gasteiger partial charge < -0.3 is 10.1 Å². The van der Waals surface area contributed by atoms with Crippen molar-refractivity contribution >= 4 is 17.2 Å². The van der Waals surface area contributed by atoms with Gasteiger partial charge in [0, 0.05) is 6.54 Å². The van der Waals surface area contributed by atoms with Crippen molar-refractivity contribution in [1.29, 1.82) is 0 Å². The van der Waals surface area contributed by atoms with Crippen molar-refractivity contribution in [1.82, 2.24) is 5.32 Å². The molecule has 1 aromatic heterocycles. The summed E-state index contributed by atoms with van der Waals surface area (Å²) in [4.78, 5) is 13.0. The molecule has 1 N–H and O–H groups in total. The zero-order valence-corrected chi connectivity index (χ0v) is 17.3. The highest BCUT2D eigenvalue weighted by atomic mass is 32.1. The third-order valence-electron chi connectivity index (χ3n) is 5.38. The maximum absolute atomic E-state index is 12.2. The molecule has 1 heterocycles. The molecule has 27 heavy (non-hydrogen) atoms. The van der Waals surface area contributed by atoms with Gasteiger partial charge in [-0.15, -0.1) is 11.3 Å². The van der Waals surface area contributed by atoms with E-state index in [1.165, 1.54) is 49.0 Å². The Balaban J connectivity index is 1.64. The second-order valence-corrected chi connectivity index (χ2v) is 8.71. The lowest BCUT2D eigenvalue weighted by atomic mass is 9.75. The van der Waals surface area contributed by atoms with Crippen LogP contribution in [0.1, 0.15) is 73.5 Å². The molecule has 1 unspecified atom stereocenters. The molecule has 0 radical (unpaired) electrons. The van der Waals surface area contributed by atoms with Crippen LogP contribution in [0.3, 0.4) is 0 Å². The number of amides is 1. The van der Waals surface area contributed by atoms with E-state index in [-0.39, 0.29) is 12.0 Å². The van der Waals surface area contributed by atoms with Crippen molar-refractivity contribution in [2.75, 3.05) is 6.54 Å². The minimum atomic E-state index is 0.0491. The van der Waals surface area contributed by atoms with Gasteiger partial charge in [-0.3, -0.25) is 4.79 Å². The maximum Gasteiger partial charge on any atom is 0.261 e. The fraction of sp³-hybridized carbons (Fsp3) is 0.522. The summed E-state index contributed by atoms with van der Waals surface area (Å²) in [6, 6.07) is 12.4. The van der Waals surface area contributed by atoms with E-state index in [1.807, 2.05) is 17.5 Å². The number of benzene rings is 1. The molecule has 0 saturated heterocycles. The van der Waals surface area contributed by atoms with Crippen LogP contribution in [0.2, 0.25) is 0 Å². The van der Waals surface area contributed by atoms with Crippen molar-refractivity contribution in [2.24, 2.45) is 5.92 Å². The lowest BCUT2D eigenvalue weighted by Gasteiger charge is -2.31. The first-order chi connectivity index (χ1) is 13.1. The van der Waals surface area contributed by atoms with Gasteiger partial charge in [0.15, 0.2) is 0 Å². The largest absolute Gasteiger partial charge is 0.491 e. The quantitative estimate of drug-likeness (QED) is 0.603. The van der Waals surface area contributed by atoms with Gasteiger partial charge in [-0.25, -0.2) is 0 Å². The van der Waals surface area contributed by atoms with E-state index in [9.17, 15) is 4.79 Å². The molecule has 4 heteroatoms. The molecule has 3 rings (SSSR count). The predicted octanol–water partition coefficient (Wildman–Crippen LogP) is 6.02. The summed E-state index contributed by atoms with van der Waals surface area (Å²) >= 11 is 1.49. The summed E-state index contributed by atoms with van der Waals surface area (Å²) in [6.07, 6.45) is 7.80. The Kier molecular flexibility index (Phi) is 7.33. The van der Waals surface area contributed by atoms with Crippen molar-refractivity contribution in [2.45, 2.75) is 64.4 Å². The van der Waals surface area contributed by atoms with Gasteiger partial charge in [-0.05, 0) is 74.1 Å². The molecule has 1 saturated carbocycles. The Morgan fingerprint density at radius 3 is 2.52 bits per heavy atom. The molecule has 1 aliphatic carbocycles. The highest BCUT2D eigenvalue weighted by molar-refractivity contribution is 7.12. The van der Waals surface area contributed by atoms with Gasteiger partial charge in [0.2, 0.25) is 0 Å². The first kappa shape index (κ1) is 19.9. The van der Waals surface area contributed by atoms with Crippen molar-refractivity contribution in [3.05, 3.63) is 52.2 Å². The van der Waals surface area contributed by atoms with E-state index in [2.05, 4.69) is 43.4 Å². The summed E-state index contributed by atoms with van der Waals surface area (Å²) in [6.45, 7) is 4.83. The molecule has 1 atom stereocenters. The van der Waals surface area contributed by atoms with Gasteiger partial charge in [-0.1, -0.05) is 37.5 Å². The fourth-order valence-electron chi connectivity index (χ4n) is 4.11. The average Bonchev–Trinajstić information content (AvgIpc) is 3.21. The number of ether oxygens (including phenoxy) is 1. The molecular formula is C23H31NO2S. The Morgan fingerprint density at radius 1 is 1.15 bits per heavy atom. The van der Waals surface area contributed by atoms with Crippen LogP contribution in [0.4, 0.5) is 0 Å². The average molecular weight is 386 g/mol. The molecule has 0 spiro atoms. The van der Waals surface area contributed by atoms with Crippen LogP contribution in [-0.2, 0) is 0 Å². The van der Waals surface area contributed by atoms with Crippen molar-refractivity contribution < 1.29 is 9.53 Å². The molecule has 1 fully saturated rings. The normalized spacial score (nSPS) is 16.3. The monoisotopic (exact) mass is 385 g/mol. The molecule has 146 valence electrons. The van der Waals surface area contributed by atoms with Crippen LogP contribution >= 0.6 is 11.3 Å². The highest BCUT2D eigenvalue weighted by Crippen LogP contribution is 2.38. The third-order valence-corrected chi connectivity index (χ3v) is 6.25. The lowest BCUT2D eigenvalue weighted by molar-refractivity contribution is 0.0955. The number of hydrogen-bond donors (Lipinski definition) is 1. The van der Waals surface area contributed by atoms with E-state index in [4.69, 9.17) is 4.74 Å². The zero-order chi connectivity index (χ0) is 19.1. The van der Waals surface area contributed by atoms with E-state index in [1.54, 1.807) is 0 Å². The standard InChI is InChI=1S/C23H31NO2S/c1-17(2)26-20-12-10-19(11-13-20)21(18-7-4-3-5-8-18)14-15-24-23(25)22-9-6-16-27-22/h6,9-13,16-18,21H,3-5,7-8,14-15H2,1-2H3,(H,24,25). The second kappa shape index (κ2) is 9.93. The number of thiophene rings is 1. The zero-order valence-electron chi connectivity index (χ0n) is 16.4. The van der Waals surface area contributed by atoms with Crippen LogP contribution in [0, 0.1) is 5.92 Å². The lowest BCUT2D eigenvalue weighted by Crippen LogP contribution is -2.27. The summed E-state index contributed by atoms with van der Waals surface area (Å²) in [5.41, 5.74) is 1.38. The summed E-state index contributed by atoms with van der Waals surface area (Å²) < 4.78 is 5.79. The molecule has 1 aromatic carbocycles. The van der Waals surface area contributed by atoms with Crippen LogP contribution in [0.25, 0.3) is 0 Å².